The van der Waals surface area contributed by atoms with E-state index in [0.717, 1.165) is 70.6 Å². The number of hydrogen-bond donors (Lipinski definition) is 6. The quantitative estimate of drug-likeness (QED) is 0.0261. The van der Waals surface area contributed by atoms with Crippen molar-refractivity contribution in [3.8, 4) is 0 Å². The summed E-state index contributed by atoms with van der Waals surface area (Å²) in [6, 6.07) is -0.834. The number of ether oxygens (including phenoxy) is 2. The summed E-state index contributed by atoms with van der Waals surface area (Å²) in [5.41, 5.74) is 0. The fourth-order valence-corrected chi connectivity index (χ4v) is 10.2. The molecule has 1 amide bonds. The summed E-state index contributed by atoms with van der Waals surface area (Å²) in [5, 5.41) is 54.7. The van der Waals surface area contributed by atoms with Gasteiger partial charge >= 0.3 is 0 Å². The average molecular weight is 1110 g/mol. The summed E-state index contributed by atoms with van der Waals surface area (Å²) in [6.45, 7) is 3.67. The molecule has 1 aliphatic rings. The summed E-state index contributed by atoms with van der Waals surface area (Å²) in [7, 11) is 0. The molecule has 0 spiro atoms. The van der Waals surface area contributed by atoms with E-state index in [1.165, 1.54) is 205 Å². The standard InChI is InChI=1S/C70H125NO8/c1-3-5-7-9-11-13-15-17-19-21-23-25-27-29-31-32-34-35-37-39-41-43-45-47-49-51-53-55-57-59-64(73)63(62-78-70-69(77)68(76)67(75)65(61-72)79-70)71-66(74)60-58-56-54-52-50-48-46-44-42-40-38-36-33-30-28-26-24-22-20-18-16-14-12-10-8-6-4-2/h6,8,12,14,18,20,24,26,41,43,49,51,57,59,63-65,67-70,72-73,75-77H,3-5,7,9-11,13,15-17,19,21-23,25,27-40,42,44-48,50,52-56,58,60-62H2,1-2H3,(H,71,74)/b8-6-,14-12-,20-18-,26-24-,43-41+,51-49+,59-57+. The van der Waals surface area contributed by atoms with Crippen LogP contribution >= 0.6 is 0 Å². The molecule has 9 nitrogen and oxygen atoms in total. The van der Waals surface area contributed by atoms with Crippen molar-refractivity contribution in [2.75, 3.05) is 13.2 Å². The molecular formula is C70H125NO8. The van der Waals surface area contributed by atoms with E-state index in [2.05, 4.69) is 92.1 Å². The van der Waals surface area contributed by atoms with Crippen molar-refractivity contribution in [1.82, 2.24) is 5.32 Å². The smallest absolute Gasteiger partial charge is 0.220 e. The van der Waals surface area contributed by atoms with E-state index in [-0.39, 0.29) is 12.5 Å². The lowest BCUT2D eigenvalue weighted by Gasteiger charge is -2.40. The number of unbranched alkanes of at least 4 members (excludes halogenated alkanes) is 35. The van der Waals surface area contributed by atoms with E-state index < -0.39 is 49.5 Å². The fraction of sp³-hybridized carbons (Fsp3) is 0.786. The Labute approximate surface area is 486 Å². The third-order valence-corrected chi connectivity index (χ3v) is 15.4. The Bertz CT molecular complexity index is 1520. The molecule has 0 aliphatic carbocycles. The Morgan fingerprint density at radius 1 is 0.443 bits per heavy atom. The molecule has 1 fully saturated rings. The summed E-state index contributed by atoms with van der Waals surface area (Å²) >= 11 is 0. The molecule has 0 aromatic heterocycles. The Morgan fingerprint density at radius 2 is 0.797 bits per heavy atom. The number of allylic oxidation sites excluding steroid dienone is 13. The first-order chi connectivity index (χ1) is 38.8. The maximum absolute atomic E-state index is 13.1. The van der Waals surface area contributed by atoms with Crippen LogP contribution in [0.1, 0.15) is 296 Å². The van der Waals surface area contributed by atoms with Crippen LogP contribution < -0.4 is 5.32 Å². The number of amides is 1. The van der Waals surface area contributed by atoms with Gasteiger partial charge in [0.15, 0.2) is 6.29 Å². The van der Waals surface area contributed by atoms with E-state index >= 15 is 0 Å². The number of carbonyl (C=O) groups excluding carboxylic acids is 1. The van der Waals surface area contributed by atoms with Crippen LogP contribution in [0.4, 0.5) is 0 Å². The number of aliphatic hydroxyl groups is 5. The van der Waals surface area contributed by atoms with Gasteiger partial charge in [-0.05, 0) is 83.5 Å². The normalized spacial score (nSPS) is 19.1. The summed E-state index contributed by atoms with van der Waals surface area (Å²) < 4.78 is 11.3. The van der Waals surface area contributed by atoms with E-state index in [0.29, 0.717) is 6.42 Å². The summed E-state index contributed by atoms with van der Waals surface area (Å²) in [6.07, 6.45) is 76.8. The molecule has 1 aliphatic heterocycles. The number of nitrogens with one attached hydrogen (secondary N) is 1. The van der Waals surface area contributed by atoms with Crippen LogP contribution in [-0.2, 0) is 14.3 Å². The molecule has 7 atom stereocenters. The second-order valence-corrected chi connectivity index (χ2v) is 22.9. The highest BCUT2D eigenvalue weighted by Gasteiger charge is 2.44. The van der Waals surface area contributed by atoms with Gasteiger partial charge in [0.25, 0.3) is 0 Å². The van der Waals surface area contributed by atoms with E-state index in [1.807, 2.05) is 6.08 Å². The third kappa shape index (κ3) is 47.6. The zero-order valence-electron chi connectivity index (χ0n) is 51.1. The van der Waals surface area contributed by atoms with E-state index in [4.69, 9.17) is 9.47 Å². The van der Waals surface area contributed by atoms with Crippen LogP contribution in [0, 0.1) is 0 Å². The van der Waals surface area contributed by atoms with Gasteiger partial charge in [0.05, 0.1) is 25.4 Å². The fourth-order valence-electron chi connectivity index (χ4n) is 10.2. The van der Waals surface area contributed by atoms with Crippen molar-refractivity contribution in [3.05, 3.63) is 85.1 Å². The molecule has 0 aromatic carbocycles. The van der Waals surface area contributed by atoms with Gasteiger partial charge in [0, 0.05) is 6.42 Å². The van der Waals surface area contributed by atoms with E-state index in [1.54, 1.807) is 6.08 Å². The van der Waals surface area contributed by atoms with Crippen LogP contribution in [0.15, 0.2) is 85.1 Å². The average Bonchev–Trinajstić information content (AvgIpc) is 3.47. The van der Waals surface area contributed by atoms with Gasteiger partial charge in [0.2, 0.25) is 5.91 Å². The molecule has 458 valence electrons. The first kappa shape index (κ1) is 74.4. The molecule has 6 N–H and O–H groups in total. The molecular weight excluding hydrogens is 983 g/mol. The van der Waals surface area contributed by atoms with Gasteiger partial charge in [-0.2, -0.15) is 0 Å². The Balaban J connectivity index is 2.20. The minimum absolute atomic E-state index is 0.191. The molecule has 1 rings (SSSR count). The lowest BCUT2D eigenvalue weighted by atomic mass is 9.99. The van der Waals surface area contributed by atoms with Gasteiger partial charge in [-0.3, -0.25) is 4.79 Å². The van der Waals surface area contributed by atoms with Crippen molar-refractivity contribution in [2.24, 2.45) is 0 Å². The van der Waals surface area contributed by atoms with Crippen molar-refractivity contribution in [2.45, 2.75) is 339 Å². The Kier molecular flexibility index (Phi) is 55.1. The zero-order valence-corrected chi connectivity index (χ0v) is 51.1. The topological polar surface area (TPSA) is 149 Å². The first-order valence-corrected chi connectivity index (χ1v) is 33.3. The van der Waals surface area contributed by atoms with Crippen LogP contribution in [0.5, 0.6) is 0 Å². The molecule has 0 aromatic rings. The second-order valence-electron chi connectivity index (χ2n) is 22.9. The van der Waals surface area contributed by atoms with Crippen LogP contribution in [0.3, 0.4) is 0 Å². The van der Waals surface area contributed by atoms with Crippen LogP contribution in [-0.4, -0.2) is 87.5 Å². The lowest BCUT2D eigenvalue weighted by molar-refractivity contribution is -0.302. The van der Waals surface area contributed by atoms with Gasteiger partial charge in [0.1, 0.15) is 24.4 Å². The van der Waals surface area contributed by atoms with Gasteiger partial charge < -0.3 is 40.3 Å². The molecule has 0 bridgehead atoms. The molecule has 9 heteroatoms. The van der Waals surface area contributed by atoms with Crippen molar-refractivity contribution >= 4 is 5.91 Å². The highest BCUT2D eigenvalue weighted by atomic mass is 16.7. The molecule has 1 heterocycles. The van der Waals surface area contributed by atoms with Crippen molar-refractivity contribution < 1.29 is 39.8 Å². The summed E-state index contributed by atoms with van der Waals surface area (Å²) in [4.78, 5) is 13.1. The number of aliphatic hydroxyl groups excluding tert-OH is 5. The highest BCUT2D eigenvalue weighted by molar-refractivity contribution is 5.76. The number of rotatable bonds is 57. The maximum atomic E-state index is 13.1. The minimum atomic E-state index is -1.58. The summed E-state index contributed by atoms with van der Waals surface area (Å²) in [5.74, 6) is -0.191. The first-order valence-electron chi connectivity index (χ1n) is 33.3. The number of hydrogen-bond acceptors (Lipinski definition) is 8. The monoisotopic (exact) mass is 1110 g/mol. The largest absolute Gasteiger partial charge is 0.394 e. The van der Waals surface area contributed by atoms with Gasteiger partial charge in [-0.25, -0.2) is 0 Å². The van der Waals surface area contributed by atoms with Crippen LogP contribution in [0.2, 0.25) is 0 Å². The number of carbonyl (C=O) groups is 1. The maximum Gasteiger partial charge on any atom is 0.220 e. The van der Waals surface area contributed by atoms with Crippen LogP contribution in [0.25, 0.3) is 0 Å². The molecule has 0 radical (unpaired) electrons. The molecule has 7 unspecified atom stereocenters. The SMILES string of the molecule is CC/C=C\C/C=C\C/C=C\C/C=C\CCCCCCCCCCCCCCCCC(=O)NC(COC1OC(CO)C(O)C(O)C1O)C(O)/C=C/CC/C=C/CC/C=C/CCCCCCCCCCCCCCCCCCCCC. The minimum Gasteiger partial charge on any atom is -0.394 e. The van der Waals surface area contributed by atoms with E-state index in [9.17, 15) is 30.3 Å². The predicted octanol–water partition coefficient (Wildman–Crippen LogP) is 17.7. The predicted molar refractivity (Wildman–Crippen MR) is 336 cm³/mol. The highest BCUT2D eigenvalue weighted by Crippen LogP contribution is 2.23. The molecule has 79 heavy (non-hydrogen) atoms. The third-order valence-electron chi connectivity index (χ3n) is 15.4. The molecule has 0 saturated carbocycles. The van der Waals surface area contributed by atoms with Crippen molar-refractivity contribution in [3.63, 3.8) is 0 Å². The van der Waals surface area contributed by atoms with Gasteiger partial charge in [-0.15, -0.1) is 0 Å². The second kappa shape index (κ2) is 58.6. The van der Waals surface area contributed by atoms with Gasteiger partial charge in [-0.1, -0.05) is 292 Å². The lowest BCUT2D eigenvalue weighted by Crippen LogP contribution is -2.60. The molecule has 1 saturated heterocycles. The zero-order chi connectivity index (χ0) is 57.2. The Morgan fingerprint density at radius 3 is 1.22 bits per heavy atom. The Hall–Kier alpha value is -2.63. The van der Waals surface area contributed by atoms with Crippen molar-refractivity contribution in [1.29, 1.82) is 0 Å².